The summed E-state index contributed by atoms with van der Waals surface area (Å²) in [5.41, 5.74) is 2.60. The summed E-state index contributed by atoms with van der Waals surface area (Å²) in [6.07, 6.45) is -8.09. The minimum absolute atomic E-state index is 0.231. The zero-order valence-electron chi connectivity index (χ0n) is 19.0. The summed E-state index contributed by atoms with van der Waals surface area (Å²) < 4.78 is 81.9. The van der Waals surface area contributed by atoms with Gasteiger partial charge in [-0.15, -0.1) is 0 Å². The number of aryl methyl sites for hydroxylation is 1. The van der Waals surface area contributed by atoms with Crippen molar-refractivity contribution in [3.63, 3.8) is 0 Å². The maximum Gasteiger partial charge on any atom is 0.490 e. The van der Waals surface area contributed by atoms with Crippen LogP contribution in [-0.4, -0.2) is 67.6 Å². The molecule has 0 aliphatic carbocycles. The zero-order valence-corrected chi connectivity index (χ0v) is 19.0. The van der Waals surface area contributed by atoms with Crippen molar-refractivity contribution in [3.8, 4) is 0 Å². The van der Waals surface area contributed by atoms with Crippen LogP contribution in [0.15, 0.2) is 28.8 Å². The molecule has 1 fully saturated rings. The second kappa shape index (κ2) is 12.0. The number of nitrogens with zero attached hydrogens (tertiary/aromatic N) is 3. The summed E-state index contributed by atoms with van der Waals surface area (Å²) in [6, 6.07) is 6.68. The van der Waals surface area contributed by atoms with Gasteiger partial charge in [-0.2, -0.15) is 26.3 Å². The molecule has 4 rings (SSSR count). The van der Waals surface area contributed by atoms with Gasteiger partial charge in [0, 0.05) is 18.5 Å². The number of aromatic amines is 1. The maximum absolute atomic E-state index is 13.3. The molecule has 9 nitrogen and oxygen atoms in total. The molecule has 1 saturated heterocycles. The topological polar surface area (TPSA) is 133 Å². The van der Waals surface area contributed by atoms with E-state index in [1.165, 1.54) is 12.1 Å². The Hall–Kier alpha value is -3.69. The number of likely N-dealkylation sites (tertiary alicyclic amines) is 1. The Labute approximate surface area is 203 Å². The first-order chi connectivity index (χ1) is 17.1. The molecule has 3 N–H and O–H groups in total. The van der Waals surface area contributed by atoms with E-state index < -0.39 is 24.3 Å². The third-order valence-electron chi connectivity index (χ3n) is 4.98. The molecule has 2 aromatic heterocycles. The average Bonchev–Trinajstić information content (AvgIpc) is 3.39. The standard InChI is InChI=1S/C17H19FN4O.2C2HF3O2/c1-11-8-14(21-23-11)10-22-6-4-12(5-7-22)17-19-15-3-2-13(18)9-16(15)20-17;2*3-2(4,5)1(6)7/h2-3,8-9,12H,4-7,10H2,1H3,(H,19,20);2*(H,6,7). The van der Waals surface area contributed by atoms with Crippen LogP contribution in [0.3, 0.4) is 0 Å². The van der Waals surface area contributed by atoms with E-state index in [4.69, 9.17) is 24.3 Å². The molecule has 1 aliphatic heterocycles. The number of hydrogen-bond donors (Lipinski definition) is 3. The zero-order chi connectivity index (χ0) is 28.0. The van der Waals surface area contributed by atoms with E-state index in [-0.39, 0.29) is 5.82 Å². The van der Waals surface area contributed by atoms with E-state index in [0.717, 1.165) is 60.8 Å². The van der Waals surface area contributed by atoms with Gasteiger partial charge in [-0.25, -0.2) is 19.0 Å². The summed E-state index contributed by atoms with van der Waals surface area (Å²) in [7, 11) is 0. The molecule has 0 saturated carbocycles. The number of benzene rings is 1. The van der Waals surface area contributed by atoms with Gasteiger partial charge in [-0.1, -0.05) is 5.16 Å². The molecule has 1 aromatic carbocycles. The number of imidazole rings is 1. The number of carboxylic acids is 2. The van der Waals surface area contributed by atoms with Crippen LogP contribution in [0.5, 0.6) is 0 Å². The molecular formula is C21H21F7N4O5. The van der Waals surface area contributed by atoms with Crippen molar-refractivity contribution >= 4 is 23.0 Å². The van der Waals surface area contributed by atoms with Crippen molar-refractivity contribution in [2.45, 2.75) is 44.6 Å². The van der Waals surface area contributed by atoms with Crippen molar-refractivity contribution < 1.29 is 55.1 Å². The van der Waals surface area contributed by atoms with Gasteiger partial charge in [0.25, 0.3) is 0 Å². The number of rotatable bonds is 3. The highest BCUT2D eigenvalue weighted by Crippen LogP contribution is 2.28. The number of nitrogens with one attached hydrogen (secondary N) is 1. The fourth-order valence-corrected chi connectivity index (χ4v) is 3.28. The van der Waals surface area contributed by atoms with E-state index in [1.807, 2.05) is 13.0 Å². The fraction of sp³-hybridized carbons (Fsp3) is 0.429. The minimum atomic E-state index is -5.08. The van der Waals surface area contributed by atoms with E-state index in [2.05, 4.69) is 20.0 Å². The number of aromatic nitrogens is 3. The Morgan fingerprint density at radius 1 is 1.05 bits per heavy atom. The number of piperidine rings is 1. The summed E-state index contributed by atoms with van der Waals surface area (Å²) in [6.45, 7) is 4.74. The first kappa shape index (κ1) is 29.5. The molecule has 0 atom stereocenters. The van der Waals surface area contributed by atoms with Gasteiger partial charge in [-0.3, -0.25) is 4.90 Å². The van der Waals surface area contributed by atoms with Gasteiger partial charge in [-0.05, 0) is 51.1 Å². The molecule has 0 unspecified atom stereocenters. The second-order valence-corrected chi connectivity index (χ2v) is 7.87. The highest BCUT2D eigenvalue weighted by Gasteiger charge is 2.38. The molecule has 3 heterocycles. The van der Waals surface area contributed by atoms with Crippen molar-refractivity contribution in [2.75, 3.05) is 13.1 Å². The van der Waals surface area contributed by atoms with Gasteiger partial charge in [0.1, 0.15) is 17.4 Å². The predicted molar refractivity (Wildman–Crippen MR) is 112 cm³/mol. The number of carboxylic acid groups (broad SMARTS) is 2. The van der Waals surface area contributed by atoms with Crippen molar-refractivity contribution in [1.29, 1.82) is 0 Å². The van der Waals surface area contributed by atoms with Gasteiger partial charge in [0.05, 0.1) is 16.7 Å². The minimum Gasteiger partial charge on any atom is -0.475 e. The van der Waals surface area contributed by atoms with Crippen molar-refractivity contribution in [1.82, 2.24) is 20.0 Å². The van der Waals surface area contributed by atoms with Crippen LogP contribution in [0.25, 0.3) is 11.0 Å². The van der Waals surface area contributed by atoms with Crippen LogP contribution in [-0.2, 0) is 16.1 Å². The van der Waals surface area contributed by atoms with Crippen LogP contribution >= 0.6 is 0 Å². The monoisotopic (exact) mass is 542 g/mol. The summed E-state index contributed by atoms with van der Waals surface area (Å²) >= 11 is 0. The second-order valence-electron chi connectivity index (χ2n) is 7.87. The van der Waals surface area contributed by atoms with E-state index in [1.54, 1.807) is 6.07 Å². The third-order valence-corrected chi connectivity index (χ3v) is 4.98. The molecule has 0 bridgehead atoms. The summed E-state index contributed by atoms with van der Waals surface area (Å²) in [4.78, 5) is 28.1. The summed E-state index contributed by atoms with van der Waals surface area (Å²) in [5.74, 6) is -3.52. The first-order valence-electron chi connectivity index (χ1n) is 10.5. The molecule has 1 aliphatic rings. The lowest BCUT2D eigenvalue weighted by Crippen LogP contribution is -2.32. The van der Waals surface area contributed by atoms with Gasteiger partial charge >= 0.3 is 24.3 Å². The van der Waals surface area contributed by atoms with E-state index >= 15 is 0 Å². The van der Waals surface area contributed by atoms with Crippen LogP contribution in [0, 0.1) is 12.7 Å². The molecular weight excluding hydrogens is 521 g/mol. The Morgan fingerprint density at radius 2 is 1.59 bits per heavy atom. The van der Waals surface area contributed by atoms with Crippen LogP contribution in [0.2, 0.25) is 0 Å². The number of fused-ring (bicyclic) bond motifs is 1. The first-order valence-corrected chi connectivity index (χ1v) is 10.5. The molecule has 204 valence electrons. The van der Waals surface area contributed by atoms with Gasteiger partial charge in [0.2, 0.25) is 0 Å². The van der Waals surface area contributed by atoms with Crippen molar-refractivity contribution in [2.24, 2.45) is 0 Å². The maximum atomic E-state index is 13.3. The average molecular weight is 542 g/mol. The largest absolute Gasteiger partial charge is 0.490 e. The number of alkyl halides is 6. The molecule has 0 spiro atoms. The van der Waals surface area contributed by atoms with Gasteiger partial charge in [0.15, 0.2) is 0 Å². The number of carbonyl (C=O) groups is 2. The van der Waals surface area contributed by atoms with Crippen molar-refractivity contribution in [3.05, 3.63) is 47.4 Å². The lowest BCUT2D eigenvalue weighted by Gasteiger charge is -2.30. The Balaban J connectivity index is 0.000000286. The highest BCUT2D eigenvalue weighted by atomic mass is 19.4. The molecule has 0 amide bonds. The third kappa shape index (κ3) is 9.36. The molecule has 37 heavy (non-hydrogen) atoms. The number of hydrogen-bond acceptors (Lipinski definition) is 6. The Morgan fingerprint density at radius 3 is 2.05 bits per heavy atom. The Kier molecular flexibility index (Phi) is 9.61. The number of halogens is 7. The van der Waals surface area contributed by atoms with Crippen LogP contribution in [0.4, 0.5) is 30.7 Å². The smallest absolute Gasteiger partial charge is 0.475 e. The molecule has 3 aromatic rings. The van der Waals surface area contributed by atoms with E-state index in [0.29, 0.717) is 5.92 Å². The predicted octanol–water partition coefficient (Wildman–Crippen LogP) is 4.64. The quantitative estimate of drug-likeness (QED) is 0.408. The number of aliphatic carboxylic acids is 2. The molecule has 16 heteroatoms. The van der Waals surface area contributed by atoms with Crippen LogP contribution in [0.1, 0.15) is 36.0 Å². The van der Waals surface area contributed by atoms with Crippen LogP contribution < -0.4 is 0 Å². The molecule has 0 radical (unpaired) electrons. The summed E-state index contributed by atoms with van der Waals surface area (Å²) in [5, 5.41) is 18.3. The SMILES string of the molecule is Cc1cc(CN2CCC(c3nc4ccc(F)cc4[nH]3)CC2)no1.O=C(O)C(F)(F)F.O=C(O)C(F)(F)F. The lowest BCUT2D eigenvalue weighted by molar-refractivity contribution is -0.193. The number of H-pyrrole nitrogens is 1. The highest BCUT2D eigenvalue weighted by molar-refractivity contribution is 5.75. The normalized spacial score (nSPS) is 14.9. The van der Waals surface area contributed by atoms with Gasteiger partial charge < -0.3 is 19.7 Å². The van der Waals surface area contributed by atoms with E-state index in [9.17, 15) is 30.7 Å². The Bertz CT molecular complexity index is 1170. The fourth-order valence-electron chi connectivity index (χ4n) is 3.28. The lowest BCUT2D eigenvalue weighted by atomic mass is 9.96.